The molecule has 0 unspecified atom stereocenters. The Morgan fingerprint density at radius 1 is 1.50 bits per heavy atom. The van der Waals surface area contributed by atoms with Gasteiger partial charge in [0.15, 0.2) is 0 Å². The summed E-state index contributed by atoms with van der Waals surface area (Å²) in [6, 6.07) is 5.79. The van der Waals surface area contributed by atoms with Crippen LogP contribution >= 0.6 is 15.9 Å². The van der Waals surface area contributed by atoms with Crippen LogP contribution in [0.2, 0.25) is 0 Å². The Balaban J connectivity index is 2.20. The third-order valence-corrected chi connectivity index (χ3v) is 2.80. The van der Waals surface area contributed by atoms with Crippen molar-refractivity contribution in [1.82, 2.24) is 0 Å². The Hall–Kier alpha value is -1.03. The zero-order valence-corrected chi connectivity index (χ0v) is 9.04. The minimum Gasteiger partial charge on any atom is -0.478 e. The van der Waals surface area contributed by atoms with Crippen LogP contribution in [0.3, 0.4) is 0 Å². The predicted molar refractivity (Wildman–Crippen MR) is 57.7 cm³/mol. The number of carboxylic acids is 1. The van der Waals surface area contributed by atoms with E-state index in [1.54, 1.807) is 12.1 Å². The van der Waals surface area contributed by atoms with Gasteiger partial charge < -0.3 is 10.4 Å². The quantitative estimate of drug-likeness (QED) is 0.874. The molecule has 0 spiro atoms. The third kappa shape index (κ3) is 2.07. The number of hydrogen-bond acceptors (Lipinski definition) is 2. The van der Waals surface area contributed by atoms with Crippen LogP contribution in [0.15, 0.2) is 22.7 Å². The average Bonchev–Trinajstić information content (AvgIpc) is 2.87. The number of rotatable bonds is 3. The number of anilines is 1. The minimum atomic E-state index is -0.908. The molecule has 0 atom stereocenters. The van der Waals surface area contributed by atoms with Crippen LogP contribution in [0.4, 0.5) is 5.69 Å². The number of benzene rings is 1. The van der Waals surface area contributed by atoms with E-state index in [-0.39, 0.29) is 0 Å². The van der Waals surface area contributed by atoms with Crippen LogP contribution in [-0.4, -0.2) is 17.1 Å². The van der Waals surface area contributed by atoms with Crippen molar-refractivity contribution in [2.75, 3.05) is 5.32 Å². The van der Waals surface area contributed by atoms with Gasteiger partial charge in [-0.3, -0.25) is 0 Å². The summed E-state index contributed by atoms with van der Waals surface area (Å²) in [6.45, 7) is 0. The summed E-state index contributed by atoms with van der Waals surface area (Å²) in [4.78, 5) is 10.7. The second-order valence-electron chi connectivity index (χ2n) is 3.42. The fourth-order valence-electron chi connectivity index (χ4n) is 1.24. The van der Waals surface area contributed by atoms with Gasteiger partial charge in [-0.05, 0) is 47.0 Å². The van der Waals surface area contributed by atoms with Gasteiger partial charge in [0, 0.05) is 16.2 Å². The lowest BCUT2D eigenvalue weighted by atomic mass is 10.2. The number of halogens is 1. The summed E-state index contributed by atoms with van der Waals surface area (Å²) in [5.41, 5.74) is 1.27. The first kappa shape index (κ1) is 9.52. The predicted octanol–water partition coefficient (Wildman–Crippen LogP) is 2.72. The van der Waals surface area contributed by atoms with Crippen LogP contribution in [0.5, 0.6) is 0 Å². The summed E-state index contributed by atoms with van der Waals surface area (Å²) in [7, 11) is 0. The fraction of sp³-hybridized carbons (Fsp3) is 0.300. The standard InChI is InChI=1S/C10H10BrNO2/c11-9-5-7(12-6-1-2-6)3-4-8(9)10(13)14/h3-6,12H,1-2H2,(H,13,14). The van der Waals surface area contributed by atoms with E-state index in [4.69, 9.17) is 5.11 Å². The highest BCUT2D eigenvalue weighted by Gasteiger charge is 2.21. The van der Waals surface area contributed by atoms with E-state index in [0.29, 0.717) is 16.1 Å². The van der Waals surface area contributed by atoms with Crippen molar-refractivity contribution in [2.24, 2.45) is 0 Å². The van der Waals surface area contributed by atoms with Crippen LogP contribution in [0.25, 0.3) is 0 Å². The van der Waals surface area contributed by atoms with Crippen LogP contribution < -0.4 is 5.32 Å². The van der Waals surface area contributed by atoms with Gasteiger partial charge in [-0.2, -0.15) is 0 Å². The van der Waals surface area contributed by atoms with Crippen molar-refractivity contribution >= 4 is 27.6 Å². The fourth-order valence-corrected chi connectivity index (χ4v) is 1.79. The molecule has 14 heavy (non-hydrogen) atoms. The van der Waals surface area contributed by atoms with Crippen molar-refractivity contribution in [1.29, 1.82) is 0 Å². The van der Waals surface area contributed by atoms with Gasteiger partial charge in [0.1, 0.15) is 0 Å². The van der Waals surface area contributed by atoms with Crippen LogP contribution in [-0.2, 0) is 0 Å². The molecule has 0 saturated heterocycles. The molecule has 0 radical (unpaired) electrons. The van der Waals surface area contributed by atoms with Gasteiger partial charge in [-0.25, -0.2) is 4.79 Å². The van der Waals surface area contributed by atoms with E-state index in [1.807, 2.05) is 6.07 Å². The lowest BCUT2D eigenvalue weighted by Gasteiger charge is -2.06. The first-order valence-electron chi connectivity index (χ1n) is 4.46. The van der Waals surface area contributed by atoms with E-state index >= 15 is 0 Å². The molecule has 1 fully saturated rings. The normalized spacial score (nSPS) is 15.2. The second-order valence-corrected chi connectivity index (χ2v) is 4.27. The zero-order chi connectivity index (χ0) is 10.1. The topological polar surface area (TPSA) is 49.3 Å². The Morgan fingerprint density at radius 2 is 2.21 bits per heavy atom. The zero-order valence-electron chi connectivity index (χ0n) is 7.46. The second kappa shape index (κ2) is 3.61. The van der Waals surface area contributed by atoms with E-state index in [9.17, 15) is 4.79 Å². The maximum absolute atomic E-state index is 10.7. The maximum Gasteiger partial charge on any atom is 0.336 e. The molecule has 2 N–H and O–H groups in total. The number of nitrogens with one attached hydrogen (secondary N) is 1. The summed E-state index contributed by atoms with van der Waals surface area (Å²) >= 11 is 3.24. The van der Waals surface area contributed by atoms with E-state index in [1.165, 1.54) is 12.8 Å². The number of aromatic carboxylic acids is 1. The molecular weight excluding hydrogens is 246 g/mol. The van der Waals surface area contributed by atoms with Crippen LogP contribution in [0, 0.1) is 0 Å². The van der Waals surface area contributed by atoms with Crippen molar-refractivity contribution in [3.8, 4) is 0 Å². The van der Waals surface area contributed by atoms with E-state index in [0.717, 1.165) is 5.69 Å². The van der Waals surface area contributed by atoms with Gasteiger partial charge in [0.05, 0.1) is 5.56 Å². The first-order chi connectivity index (χ1) is 6.66. The summed E-state index contributed by atoms with van der Waals surface area (Å²) in [6.07, 6.45) is 2.41. The largest absolute Gasteiger partial charge is 0.478 e. The van der Waals surface area contributed by atoms with E-state index in [2.05, 4.69) is 21.2 Å². The Morgan fingerprint density at radius 3 is 2.71 bits per heavy atom. The van der Waals surface area contributed by atoms with Crippen molar-refractivity contribution in [2.45, 2.75) is 18.9 Å². The molecule has 3 nitrogen and oxygen atoms in total. The molecule has 0 bridgehead atoms. The molecule has 0 aromatic heterocycles. The highest BCUT2D eigenvalue weighted by molar-refractivity contribution is 9.10. The summed E-state index contributed by atoms with van der Waals surface area (Å²) in [5.74, 6) is -0.908. The van der Waals surface area contributed by atoms with Crippen molar-refractivity contribution in [3.63, 3.8) is 0 Å². The average molecular weight is 256 g/mol. The molecule has 2 rings (SSSR count). The molecule has 0 heterocycles. The van der Waals surface area contributed by atoms with Crippen LogP contribution in [0.1, 0.15) is 23.2 Å². The Labute approximate surface area is 90.3 Å². The first-order valence-corrected chi connectivity index (χ1v) is 5.25. The maximum atomic E-state index is 10.7. The van der Waals surface area contributed by atoms with Crippen molar-refractivity contribution < 1.29 is 9.90 Å². The van der Waals surface area contributed by atoms with Gasteiger partial charge in [0.2, 0.25) is 0 Å². The smallest absolute Gasteiger partial charge is 0.336 e. The molecule has 0 amide bonds. The van der Waals surface area contributed by atoms with Gasteiger partial charge >= 0.3 is 5.97 Å². The lowest BCUT2D eigenvalue weighted by molar-refractivity contribution is 0.0696. The molecule has 4 heteroatoms. The summed E-state index contributed by atoms with van der Waals surface area (Å²) < 4.78 is 0.621. The number of carbonyl (C=O) groups is 1. The number of hydrogen-bond donors (Lipinski definition) is 2. The monoisotopic (exact) mass is 255 g/mol. The van der Waals surface area contributed by atoms with E-state index < -0.39 is 5.97 Å². The Kier molecular flexibility index (Phi) is 2.46. The molecule has 1 saturated carbocycles. The number of carboxylic acid groups (broad SMARTS) is 1. The Bertz CT molecular complexity index is 374. The van der Waals surface area contributed by atoms with Gasteiger partial charge in [-0.1, -0.05) is 0 Å². The van der Waals surface area contributed by atoms with Gasteiger partial charge in [0.25, 0.3) is 0 Å². The van der Waals surface area contributed by atoms with Gasteiger partial charge in [-0.15, -0.1) is 0 Å². The highest BCUT2D eigenvalue weighted by atomic mass is 79.9. The minimum absolute atomic E-state index is 0.298. The molecule has 1 aromatic carbocycles. The molecule has 0 aliphatic heterocycles. The molecule has 1 aliphatic rings. The highest BCUT2D eigenvalue weighted by Crippen LogP contribution is 2.27. The van der Waals surface area contributed by atoms with Crippen molar-refractivity contribution in [3.05, 3.63) is 28.2 Å². The molecule has 1 aliphatic carbocycles. The summed E-state index contributed by atoms with van der Waals surface area (Å²) in [5, 5.41) is 12.1. The lowest BCUT2D eigenvalue weighted by Crippen LogP contribution is -2.02. The molecule has 1 aromatic rings. The molecule has 74 valence electrons. The third-order valence-electron chi connectivity index (χ3n) is 2.15. The molecular formula is C10H10BrNO2. The SMILES string of the molecule is O=C(O)c1ccc(NC2CC2)cc1Br.